The Morgan fingerprint density at radius 3 is 2.29 bits per heavy atom. The third-order valence-electron chi connectivity index (χ3n) is 3.42. The first-order valence-corrected chi connectivity index (χ1v) is 7.73. The summed E-state index contributed by atoms with van der Waals surface area (Å²) >= 11 is 0. The topological polar surface area (TPSA) is 66.4 Å². The van der Waals surface area contributed by atoms with Crippen molar-refractivity contribution in [3.8, 4) is 16.9 Å². The van der Waals surface area contributed by atoms with Crippen LogP contribution < -0.4 is 34.3 Å². The van der Waals surface area contributed by atoms with E-state index < -0.39 is 10.1 Å². The fraction of sp³-hybridized carbons (Fsp3) is 0.333. The molecule has 0 bridgehead atoms. The summed E-state index contributed by atoms with van der Waals surface area (Å²) in [7, 11) is -2.98. The van der Waals surface area contributed by atoms with Gasteiger partial charge >= 0.3 is 29.6 Å². The molecule has 0 N–H and O–H groups in total. The summed E-state index contributed by atoms with van der Waals surface area (Å²) in [4.78, 5) is -0.179. The molecule has 0 aliphatic heterocycles. The molecule has 0 spiro atoms. The Bertz CT molecular complexity index is 723. The van der Waals surface area contributed by atoms with Crippen molar-refractivity contribution < 1.29 is 47.3 Å². The maximum atomic E-state index is 11.4. The van der Waals surface area contributed by atoms with Crippen LogP contribution in [0.25, 0.3) is 11.1 Å². The molecule has 0 aromatic rings. The number of hydrogen-bond acceptors (Lipinski definition) is 4. The van der Waals surface area contributed by atoms with Crippen LogP contribution in [0, 0.1) is 6.92 Å². The van der Waals surface area contributed by atoms with E-state index in [1.807, 2.05) is 26.0 Å². The van der Waals surface area contributed by atoms with Crippen LogP contribution >= 0.6 is 0 Å². The SMILES string of the molecule is COc1ccc(C(C)C)cc2c(S(=O)(=O)[O-])cc(C)c1-2.[Na+]. The van der Waals surface area contributed by atoms with Crippen LogP contribution in [0.15, 0.2) is 29.2 Å². The molecule has 0 unspecified atom stereocenters. The van der Waals surface area contributed by atoms with Crippen molar-refractivity contribution in [2.24, 2.45) is 0 Å². The fourth-order valence-corrected chi connectivity index (χ4v) is 3.11. The van der Waals surface area contributed by atoms with E-state index in [1.54, 1.807) is 13.0 Å². The van der Waals surface area contributed by atoms with Crippen molar-refractivity contribution in [1.82, 2.24) is 0 Å². The minimum absolute atomic E-state index is 0. The summed E-state index contributed by atoms with van der Waals surface area (Å²) in [5.74, 6) is 0.784. The molecule has 4 nitrogen and oxygen atoms in total. The van der Waals surface area contributed by atoms with Gasteiger partial charge in [0, 0.05) is 11.1 Å². The largest absolute Gasteiger partial charge is 1.00 e. The smallest absolute Gasteiger partial charge is 0.744 e. The summed E-state index contributed by atoms with van der Waals surface area (Å²) in [5.41, 5.74) is 2.78. The average molecular weight is 316 g/mol. The molecule has 0 heterocycles. The van der Waals surface area contributed by atoms with E-state index in [0.29, 0.717) is 16.9 Å². The molecular weight excluding hydrogens is 299 g/mol. The summed E-state index contributed by atoms with van der Waals surface area (Å²) in [6.07, 6.45) is 0. The molecule has 0 amide bonds. The number of methoxy groups -OCH3 is 1. The maximum Gasteiger partial charge on any atom is 1.00 e. The van der Waals surface area contributed by atoms with Gasteiger partial charge in [0.05, 0.1) is 12.0 Å². The van der Waals surface area contributed by atoms with E-state index >= 15 is 0 Å². The Balaban J connectivity index is 0.00000220. The standard InChI is InChI=1S/C15H18O4S.Na/c1-9(2)11-5-6-13(19-4)15-10(3)7-14(12(15)8-11)20(16,17)18;/h5-9H,1-4H3,(H,16,17,18);/q;+1/p-1. The second kappa shape index (κ2) is 6.67. The predicted octanol–water partition coefficient (Wildman–Crippen LogP) is 0.140. The number of aryl methyl sites for hydroxylation is 1. The Morgan fingerprint density at radius 1 is 1.19 bits per heavy atom. The molecule has 0 aromatic carbocycles. The summed E-state index contributed by atoms with van der Waals surface area (Å²) in [6, 6.07) is 6.88. The number of hydrogen-bond donors (Lipinski definition) is 0. The van der Waals surface area contributed by atoms with Crippen LogP contribution in [-0.4, -0.2) is 20.1 Å². The molecule has 0 saturated carbocycles. The van der Waals surface area contributed by atoms with Gasteiger partial charge in [-0.05, 0) is 42.2 Å². The van der Waals surface area contributed by atoms with Crippen LogP contribution in [0.3, 0.4) is 0 Å². The van der Waals surface area contributed by atoms with Crippen molar-refractivity contribution in [3.63, 3.8) is 0 Å². The Hall–Kier alpha value is -0.590. The number of ether oxygens (including phenoxy) is 1. The Labute approximate surface area is 147 Å². The van der Waals surface area contributed by atoms with Gasteiger partial charge in [0.15, 0.2) is 0 Å². The van der Waals surface area contributed by atoms with Gasteiger partial charge in [0.25, 0.3) is 0 Å². The molecule has 0 saturated heterocycles. The molecule has 0 radical (unpaired) electrons. The molecular formula is C15H17NaO4S. The molecule has 6 heteroatoms. The summed E-state index contributed by atoms with van der Waals surface area (Å²) < 4.78 is 39.7. The monoisotopic (exact) mass is 316 g/mol. The van der Waals surface area contributed by atoms with Gasteiger partial charge < -0.3 is 9.29 Å². The van der Waals surface area contributed by atoms with E-state index in [1.165, 1.54) is 13.2 Å². The van der Waals surface area contributed by atoms with Crippen LogP contribution in [-0.2, 0) is 10.1 Å². The van der Waals surface area contributed by atoms with Crippen LogP contribution in [0.4, 0.5) is 0 Å². The fourth-order valence-electron chi connectivity index (χ4n) is 2.36. The predicted molar refractivity (Wildman–Crippen MR) is 76.4 cm³/mol. The molecule has 2 aliphatic rings. The second-order valence-corrected chi connectivity index (χ2v) is 6.48. The van der Waals surface area contributed by atoms with Crippen LogP contribution in [0.1, 0.15) is 30.9 Å². The van der Waals surface area contributed by atoms with Crippen molar-refractivity contribution >= 4 is 10.1 Å². The van der Waals surface area contributed by atoms with Gasteiger partial charge in [0.2, 0.25) is 0 Å². The third-order valence-corrected chi connectivity index (χ3v) is 4.29. The molecule has 108 valence electrons. The van der Waals surface area contributed by atoms with Gasteiger partial charge in [0.1, 0.15) is 15.9 Å². The van der Waals surface area contributed by atoms with Crippen molar-refractivity contribution in [1.29, 1.82) is 0 Å². The zero-order chi connectivity index (χ0) is 15.1. The quantitative estimate of drug-likeness (QED) is 0.597. The molecule has 0 aromatic heterocycles. The van der Waals surface area contributed by atoms with Crippen molar-refractivity contribution in [2.75, 3.05) is 7.11 Å². The first kappa shape index (κ1) is 18.5. The average Bonchev–Trinajstić information content (AvgIpc) is 2.57. The first-order valence-electron chi connectivity index (χ1n) is 6.33. The summed E-state index contributed by atoms with van der Waals surface area (Å²) in [6.45, 7) is 5.79. The molecule has 2 aliphatic carbocycles. The zero-order valence-corrected chi connectivity index (χ0v) is 15.7. The van der Waals surface area contributed by atoms with E-state index in [4.69, 9.17) is 4.74 Å². The Kier molecular flexibility index (Phi) is 5.86. The summed E-state index contributed by atoms with van der Waals surface area (Å²) in [5, 5.41) is 0. The van der Waals surface area contributed by atoms with E-state index in [0.717, 1.165) is 11.1 Å². The molecule has 0 atom stereocenters. The van der Waals surface area contributed by atoms with Crippen LogP contribution in [0.5, 0.6) is 5.75 Å². The van der Waals surface area contributed by atoms with Crippen molar-refractivity contribution in [3.05, 3.63) is 35.4 Å². The van der Waals surface area contributed by atoms with Gasteiger partial charge in [-0.2, -0.15) is 0 Å². The van der Waals surface area contributed by atoms with Crippen molar-refractivity contribution in [2.45, 2.75) is 31.6 Å². The number of fused-ring (bicyclic) bond motifs is 1. The van der Waals surface area contributed by atoms with Gasteiger partial charge in [-0.15, -0.1) is 0 Å². The van der Waals surface area contributed by atoms with Crippen LogP contribution in [0.2, 0.25) is 0 Å². The molecule has 21 heavy (non-hydrogen) atoms. The minimum atomic E-state index is -4.51. The van der Waals surface area contributed by atoms with E-state index in [-0.39, 0.29) is 40.4 Å². The van der Waals surface area contributed by atoms with Gasteiger partial charge in [-0.25, -0.2) is 8.42 Å². The van der Waals surface area contributed by atoms with Gasteiger partial charge in [-0.1, -0.05) is 19.9 Å². The zero-order valence-electron chi connectivity index (χ0n) is 12.9. The second-order valence-electron chi connectivity index (χ2n) is 5.14. The minimum Gasteiger partial charge on any atom is -0.744 e. The molecule has 2 rings (SSSR count). The first-order chi connectivity index (χ1) is 9.25. The van der Waals surface area contributed by atoms with Gasteiger partial charge in [-0.3, -0.25) is 0 Å². The third kappa shape index (κ3) is 3.60. The Morgan fingerprint density at radius 2 is 1.81 bits per heavy atom. The normalized spacial score (nSPS) is 11.5. The van der Waals surface area contributed by atoms with E-state index in [2.05, 4.69) is 0 Å². The molecule has 0 fully saturated rings. The van der Waals surface area contributed by atoms with E-state index in [9.17, 15) is 13.0 Å². The maximum absolute atomic E-state index is 11.4. The number of rotatable bonds is 3.